The molecule has 0 amide bonds. The van der Waals surface area contributed by atoms with Gasteiger partial charge in [-0.3, -0.25) is 0 Å². The quantitative estimate of drug-likeness (QED) is 0.0674. The lowest BCUT2D eigenvalue weighted by molar-refractivity contribution is 0.124. The summed E-state index contributed by atoms with van der Waals surface area (Å²) in [5.74, 6) is 0. The fourth-order valence-electron chi connectivity index (χ4n) is 7.47. The largest absolute Gasteiger partial charge is 0.306 e. The van der Waals surface area contributed by atoms with E-state index in [1.165, 1.54) is 238 Å². The molecule has 1 rings (SSSR count). The van der Waals surface area contributed by atoms with Crippen molar-refractivity contribution in [3.63, 3.8) is 0 Å². The maximum atomic E-state index is 2.77. The summed E-state index contributed by atoms with van der Waals surface area (Å²) in [5.41, 5.74) is 0. The summed E-state index contributed by atoms with van der Waals surface area (Å²) in [6.45, 7) is 9.84. The van der Waals surface area contributed by atoms with Crippen molar-refractivity contribution in [2.24, 2.45) is 0 Å². The van der Waals surface area contributed by atoms with E-state index in [1.54, 1.807) is 0 Å². The van der Waals surface area contributed by atoms with E-state index in [0.29, 0.717) is 0 Å². The average molecular weight is 605 g/mol. The van der Waals surface area contributed by atoms with Gasteiger partial charge in [-0.25, -0.2) is 0 Å². The third kappa shape index (κ3) is 27.9. The molecule has 0 saturated carbocycles. The topological polar surface area (TPSA) is 6.48 Å². The van der Waals surface area contributed by atoms with E-state index in [1.807, 2.05) is 0 Å². The van der Waals surface area contributed by atoms with Crippen LogP contribution in [-0.2, 0) is 0 Å². The summed E-state index contributed by atoms with van der Waals surface area (Å²) in [5, 5.41) is 0. The van der Waals surface area contributed by atoms with Gasteiger partial charge >= 0.3 is 0 Å². The van der Waals surface area contributed by atoms with E-state index in [0.717, 1.165) is 6.04 Å². The minimum Gasteiger partial charge on any atom is -0.306 e. The molecule has 0 N–H and O–H groups in total. The molecule has 0 bridgehead atoms. The van der Waals surface area contributed by atoms with Crippen molar-refractivity contribution in [3.8, 4) is 0 Å². The van der Waals surface area contributed by atoms with Crippen LogP contribution in [0.4, 0.5) is 0 Å². The molecule has 1 aliphatic rings. The zero-order valence-corrected chi connectivity index (χ0v) is 30.6. The Balaban J connectivity index is 1.67. The third-order valence-electron chi connectivity index (χ3n) is 10.7. The molecule has 0 aromatic heterocycles. The molecule has 0 unspecified atom stereocenters. The molecule has 0 aromatic carbocycles. The van der Waals surface area contributed by atoms with E-state index >= 15 is 0 Å². The minimum atomic E-state index is 0.856. The van der Waals surface area contributed by atoms with Crippen LogP contribution in [0.25, 0.3) is 0 Å². The maximum absolute atomic E-state index is 2.77. The molecular weight excluding hydrogens is 520 g/mol. The molecule has 258 valence electrons. The molecule has 0 spiro atoms. The summed E-state index contributed by atoms with van der Waals surface area (Å²) >= 11 is 0. The SMILES string of the molecule is CCCCCCCCCCCCCCCCCCCCCCCCCCCCCCCCCN(CC)C1CCN(C)CC1. The van der Waals surface area contributed by atoms with Gasteiger partial charge in [-0.2, -0.15) is 0 Å². The summed E-state index contributed by atoms with van der Waals surface area (Å²) < 4.78 is 0. The Bertz CT molecular complexity index is 512. The Morgan fingerprint density at radius 1 is 0.395 bits per heavy atom. The van der Waals surface area contributed by atoms with Gasteiger partial charge in [0, 0.05) is 6.04 Å². The van der Waals surface area contributed by atoms with Gasteiger partial charge in [-0.05, 0) is 52.5 Å². The molecule has 0 aromatic rings. The van der Waals surface area contributed by atoms with Crippen LogP contribution in [0.2, 0.25) is 0 Å². The van der Waals surface area contributed by atoms with Crippen LogP contribution in [0, 0.1) is 0 Å². The van der Waals surface area contributed by atoms with Crippen molar-refractivity contribution in [1.29, 1.82) is 0 Å². The molecule has 1 aliphatic heterocycles. The van der Waals surface area contributed by atoms with Crippen molar-refractivity contribution in [3.05, 3.63) is 0 Å². The van der Waals surface area contributed by atoms with E-state index < -0.39 is 0 Å². The highest BCUT2D eigenvalue weighted by atomic mass is 15.2. The molecule has 2 heteroatoms. The van der Waals surface area contributed by atoms with Gasteiger partial charge in [0.25, 0.3) is 0 Å². The Hall–Kier alpha value is -0.0800. The first-order valence-corrected chi connectivity index (χ1v) is 20.7. The molecule has 2 nitrogen and oxygen atoms in total. The van der Waals surface area contributed by atoms with Gasteiger partial charge in [0.15, 0.2) is 0 Å². The van der Waals surface area contributed by atoms with Crippen LogP contribution in [-0.4, -0.2) is 49.1 Å². The van der Waals surface area contributed by atoms with Gasteiger partial charge in [-0.15, -0.1) is 0 Å². The van der Waals surface area contributed by atoms with E-state index in [2.05, 4.69) is 30.7 Å². The Kier molecular flexibility index (Phi) is 31.7. The fourth-order valence-corrected chi connectivity index (χ4v) is 7.47. The smallest absolute Gasteiger partial charge is 0.0119 e. The van der Waals surface area contributed by atoms with Crippen LogP contribution >= 0.6 is 0 Å². The van der Waals surface area contributed by atoms with Gasteiger partial charge in [0.1, 0.15) is 0 Å². The van der Waals surface area contributed by atoms with Crippen LogP contribution in [0.3, 0.4) is 0 Å². The molecule has 1 saturated heterocycles. The van der Waals surface area contributed by atoms with Gasteiger partial charge in [0.05, 0.1) is 0 Å². The minimum absolute atomic E-state index is 0.856. The molecular formula is C41H84N2. The lowest BCUT2D eigenvalue weighted by atomic mass is 10.0. The Morgan fingerprint density at radius 3 is 0.907 bits per heavy atom. The predicted octanol–water partition coefficient (Wildman–Crippen LogP) is 13.5. The summed E-state index contributed by atoms with van der Waals surface area (Å²) in [4.78, 5) is 5.27. The average Bonchev–Trinajstić information content (AvgIpc) is 3.02. The molecule has 1 fully saturated rings. The zero-order chi connectivity index (χ0) is 30.9. The molecule has 0 radical (unpaired) electrons. The fraction of sp³-hybridized carbons (Fsp3) is 1.00. The highest BCUT2D eigenvalue weighted by molar-refractivity contribution is 4.78. The number of nitrogens with zero attached hydrogens (tertiary/aromatic N) is 2. The van der Waals surface area contributed by atoms with Crippen molar-refractivity contribution >= 4 is 0 Å². The van der Waals surface area contributed by atoms with Crippen LogP contribution in [0.5, 0.6) is 0 Å². The van der Waals surface area contributed by atoms with Crippen LogP contribution < -0.4 is 0 Å². The Morgan fingerprint density at radius 2 is 0.651 bits per heavy atom. The first-order chi connectivity index (χ1) is 21.3. The number of unbranched alkanes of at least 4 members (excludes halogenated alkanes) is 30. The van der Waals surface area contributed by atoms with Crippen molar-refractivity contribution in [2.45, 2.75) is 232 Å². The lowest BCUT2D eigenvalue weighted by Crippen LogP contribution is -2.44. The maximum Gasteiger partial charge on any atom is 0.0119 e. The van der Waals surface area contributed by atoms with Crippen molar-refractivity contribution in [1.82, 2.24) is 9.80 Å². The number of hydrogen-bond acceptors (Lipinski definition) is 2. The zero-order valence-electron chi connectivity index (χ0n) is 30.6. The van der Waals surface area contributed by atoms with E-state index in [-0.39, 0.29) is 0 Å². The number of likely N-dealkylation sites (tertiary alicyclic amines) is 1. The standard InChI is InChI=1S/C41H84N2/c1-4-6-7-8-9-10-11-12-13-14-15-16-17-18-19-20-21-22-23-24-25-26-27-28-29-30-31-32-33-34-35-38-43(5-2)41-36-39-42(3)40-37-41/h41H,4-40H2,1-3H3. The monoisotopic (exact) mass is 605 g/mol. The number of hydrogen-bond donors (Lipinski definition) is 0. The summed E-state index contributed by atoms with van der Waals surface area (Å²) in [7, 11) is 2.27. The van der Waals surface area contributed by atoms with Crippen molar-refractivity contribution < 1.29 is 0 Å². The lowest BCUT2D eigenvalue weighted by Gasteiger charge is -2.36. The van der Waals surface area contributed by atoms with Gasteiger partial charge < -0.3 is 9.80 Å². The number of rotatable bonds is 34. The van der Waals surface area contributed by atoms with Crippen LogP contribution in [0.1, 0.15) is 226 Å². The third-order valence-corrected chi connectivity index (χ3v) is 10.7. The highest BCUT2D eigenvalue weighted by Gasteiger charge is 2.21. The first-order valence-electron chi connectivity index (χ1n) is 20.7. The molecule has 0 atom stereocenters. The van der Waals surface area contributed by atoms with Gasteiger partial charge in [0.2, 0.25) is 0 Å². The second kappa shape index (κ2) is 33.3. The first kappa shape index (κ1) is 40.9. The Labute approximate surface area is 274 Å². The normalized spacial score (nSPS) is 14.8. The van der Waals surface area contributed by atoms with E-state index in [9.17, 15) is 0 Å². The second-order valence-corrected chi connectivity index (χ2v) is 14.8. The molecule has 1 heterocycles. The van der Waals surface area contributed by atoms with E-state index in [4.69, 9.17) is 0 Å². The van der Waals surface area contributed by atoms with Crippen molar-refractivity contribution in [2.75, 3.05) is 33.2 Å². The second-order valence-electron chi connectivity index (χ2n) is 14.8. The predicted molar refractivity (Wildman–Crippen MR) is 197 cm³/mol. The number of piperidine rings is 1. The molecule has 43 heavy (non-hydrogen) atoms. The van der Waals surface area contributed by atoms with Gasteiger partial charge in [-0.1, -0.05) is 206 Å². The summed E-state index contributed by atoms with van der Waals surface area (Å²) in [6.07, 6.45) is 48.6. The molecule has 0 aliphatic carbocycles. The summed E-state index contributed by atoms with van der Waals surface area (Å²) in [6, 6.07) is 0.856. The van der Waals surface area contributed by atoms with Crippen LogP contribution in [0.15, 0.2) is 0 Å². The highest BCUT2D eigenvalue weighted by Crippen LogP contribution is 2.18.